The van der Waals surface area contributed by atoms with Crippen molar-refractivity contribution in [3.63, 3.8) is 0 Å². The molecule has 5 heterocycles. The molecular formula is C24H26N4O2. The van der Waals surface area contributed by atoms with Crippen molar-refractivity contribution in [3.8, 4) is 0 Å². The van der Waals surface area contributed by atoms with Crippen LogP contribution in [0.1, 0.15) is 29.3 Å². The zero-order chi connectivity index (χ0) is 20.2. The standard InChI is InChI=1S/C24H26N4O2/c29-23-7-3-6-22-17-10-16(12-28(22)23)11-26(13-17)15-24(30)27-9-8-21-19(14-27)18-4-1-2-5-20(18)25-21/h1-7,16-17,25H,8-15H2/t16-,17+/m0/s1. The van der Waals surface area contributed by atoms with Crippen LogP contribution in [0.15, 0.2) is 47.3 Å². The molecule has 0 spiro atoms. The molecule has 30 heavy (non-hydrogen) atoms. The van der Waals surface area contributed by atoms with E-state index in [0.717, 1.165) is 50.2 Å². The summed E-state index contributed by atoms with van der Waals surface area (Å²) in [5, 5.41) is 1.24. The molecule has 0 radical (unpaired) electrons. The van der Waals surface area contributed by atoms with Gasteiger partial charge in [0.15, 0.2) is 0 Å². The lowest BCUT2D eigenvalue weighted by Crippen LogP contribution is -2.50. The van der Waals surface area contributed by atoms with E-state index < -0.39 is 0 Å². The van der Waals surface area contributed by atoms with Crippen LogP contribution in [0, 0.1) is 5.92 Å². The van der Waals surface area contributed by atoms with Gasteiger partial charge in [-0.25, -0.2) is 0 Å². The molecule has 2 aromatic heterocycles. The van der Waals surface area contributed by atoms with Crippen molar-refractivity contribution < 1.29 is 4.79 Å². The Morgan fingerprint density at radius 3 is 2.90 bits per heavy atom. The summed E-state index contributed by atoms with van der Waals surface area (Å²) in [6.45, 7) is 4.47. The Morgan fingerprint density at radius 2 is 1.97 bits per heavy atom. The van der Waals surface area contributed by atoms with Crippen LogP contribution in [0.3, 0.4) is 0 Å². The Balaban J connectivity index is 1.18. The fourth-order valence-electron chi connectivity index (χ4n) is 5.80. The molecule has 6 heteroatoms. The van der Waals surface area contributed by atoms with Gasteiger partial charge < -0.3 is 14.5 Å². The first-order valence-electron chi connectivity index (χ1n) is 10.9. The van der Waals surface area contributed by atoms with Crippen LogP contribution in [0.5, 0.6) is 0 Å². The van der Waals surface area contributed by atoms with Gasteiger partial charge in [0.2, 0.25) is 5.91 Å². The van der Waals surface area contributed by atoms with E-state index in [1.807, 2.05) is 21.6 Å². The number of likely N-dealkylation sites (tertiary alicyclic amines) is 1. The van der Waals surface area contributed by atoms with Gasteiger partial charge in [-0.3, -0.25) is 14.5 Å². The molecule has 6 rings (SSSR count). The molecule has 6 nitrogen and oxygen atoms in total. The number of benzene rings is 1. The van der Waals surface area contributed by atoms with E-state index in [9.17, 15) is 9.59 Å². The number of para-hydroxylation sites is 1. The van der Waals surface area contributed by atoms with Gasteiger partial charge in [0, 0.05) is 79.0 Å². The molecule has 154 valence electrons. The molecule has 1 amide bonds. The maximum atomic E-state index is 13.2. The van der Waals surface area contributed by atoms with Gasteiger partial charge in [-0.1, -0.05) is 24.3 Å². The van der Waals surface area contributed by atoms with E-state index in [0.29, 0.717) is 24.9 Å². The number of pyridine rings is 1. The number of aromatic nitrogens is 2. The van der Waals surface area contributed by atoms with Crippen molar-refractivity contribution >= 4 is 16.8 Å². The number of nitrogens with one attached hydrogen (secondary N) is 1. The van der Waals surface area contributed by atoms with Gasteiger partial charge in [-0.05, 0) is 24.5 Å². The molecule has 1 N–H and O–H groups in total. The number of carbonyl (C=O) groups excluding carboxylic acids is 1. The smallest absolute Gasteiger partial charge is 0.250 e. The highest BCUT2D eigenvalue weighted by molar-refractivity contribution is 5.86. The van der Waals surface area contributed by atoms with E-state index in [-0.39, 0.29) is 11.5 Å². The van der Waals surface area contributed by atoms with Crippen LogP contribution in [0.4, 0.5) is 0 Å². The molecule has 2 atom stereocenters. The monoisotopic (exact) mass is 402 g/mol. The summed E-state index contributed by atoms with van der Waals surface area (Å²) in [7, 11) is 0. The predicted molar refractivity (Wildman–Crippen MR) is 115 cm³/mol. The predicted octanol–water partition coefficient (Wildman–Crippen LogP) is 2.33. The molecule has 0 unspecified atom stereocenters. The lowest BCUT2D eigenvalue weighted by molar-refractivity contribution is -0.134. The van der Waals surface area contributed by atoms with Gasteiger partial charge in [-0.2, -0.15) is 0 Å². The molecule has 3 aliphatic rings. The summed E-state index contributed by atoms with van der Waals surface area (Å²) in [6, 6.07) is 14.0. The van der Waals surface area contributed by atoms with E-state index in [2.05, 4.69) is 34.1 Å². The summed E-state index contributed by atoms with van der Waals surface area (Å²) in [6.07, 6.45) is 2.01. The number of carbonyl (C=O) groups is 1. The fourth-order valence-corrected chi connectivity index (χ4v) is 5.80. The molecular weight excluding hydrogens is 376 g/mol. The largest absolute Gasteiger partial charge is 0.358 e. The van der Waals surface area contributed by atoms with Crippen LogP contribution in [-0.4, -0.2) is 51.4 Å². The maximum absolute atomic E-state index is 13.2. The van der Waals surface area contributed by atoms with Crippen molar-refractivity contribution in [2.45, 2.75) is 31.8 Å². The van der Waals surface area contributed by atoms with Crippen molar-refractivity contribution in [1.29, 1.82) is 0 Å². The number of fused-ring (bicyclic) bond motifs is 7. The number of aromatic amines is 1. The normalized spacial score (nSPS) is 23.3. The molecule has 1 saturated heterocycles. The minimum atomic E-state index is 0.106. The quantitative estimate of drug-likeness (QED) is 0.716. The topological polar surface area (TPSA) is 61.3 Å². The lowest BCUT2D eigenvalue weighted by Gasteiger charge is -2.43. The number of nitrogens with zero attached hydrogens (tertiary/aromatic N) is 3. The number of amides is 1. The first-order chi connectivity index (χ1) is 14.7. The summed E-state index contributed by atoms with van der Waals surface area (Å²) >= 11 is 0. The first kappa shape index (κ1) is 18.0. The summed E-state index contributed by atoms with van der Waals surface area (Å²) in [5.41, 5.74) is 4.95. The highest BCUT2D eigenvalue weighted by Gasteiger charge is 2.35. The second-order valence-corrected chi connectivity index (χ2v) is 9.09. The highest BCUT2D eigenvalue weighted by Crippen LogP contribution is 2.35. The minimum absolute atomic E-state index is 0.106. The summed E-state index contributed by atoms with van der Waals surface area (Å²) in [4.78, 5) is 33.2. The van der Waals surface area contributed by atoms with Crippen molar-refractivity contribution in [2.24, 2.45) is 5.92 Å². The van der Waals surface area contributed by atoms with E-state index in [4.69, 9.17) is 0 Å². The number of piperidine rings is 1. The lowest BCUT2D eigenvalue weighted by atomic mass is 9.83. The van der Waals surface area contributed by atoms with E-state index in [1.165, 1.54) is 16.6 Å². The molecule has 1 aromatic carbocycles. The van der Waals surface area contributed by atoms with Crippen LogP contribution in [-0.2, 0) is 24.3 Å². The third kappa shape index (κ3) is 2.89. The van der Waals surface area contributed by atoms with Crippen LogP contribution in [0.2, 0.25) is 0 Å². The second kappa shape index (κ2) is 6.84. The minimum Gasteiger partial charge on any atom is -0.358 e. The zero-order valence-corrected chi connectivity index (χ0v) is 17.0. The molecule has 2 bridgehead atoms. The third-order valence-electron chi connectivity index (χ3n) is 7.15. The van der Waals surface area contributed by atoms with E-state index in [1.54, 1.807) is 6.07 Å². The Hall–Kier alpha value is -2.86. The Kier molecular flexibility index (Phi) is 4.09. The highest BCUT2D eigenvalue weighted by atomic mass is 16.2. The van der Waals surface area contributed by atoms with Gasteiger partial charge >= 0.3 is 0 Å². The Morgan fingerprint density at radius 1 is 1.07 bits per heavy atom. The van der Waals surface area contributed by atoms with Crippen molar-refractivity contribution in [2.75, 3.05) is 26.2 Å². The Bertz CT molecular complexity index is 1190. The number of hydrogen-bond acceptors (Lipinski definition) is 3. The zero-order valence-electron chi connectivity index (χ0n) is 17.0. The number of H-pyrrole nitrogens is 1. The SMILES string of the molecule is O=C(CN1C[C@@H]2C[C@H](C1)c1cccc(=O)n1C2)N1CCc2[nH]c3ccccc3c2C1. The van der Waals surface area contributed by atoms with Gasteiger partial charge in [0.1, 0.15) is 0 Å². The maximum Gasteiger partial charge on any atom is 0.250 e. The summed E-state index contributed by atoms with van der Waals surface area (Å²) < 4.78 is 1.95. The average molecular weight is 402 g/mol. The summed E-state index contributed by atoms with van der Waals surface area (Å²) in [5.74, 6) is 1.02. The third-order valence-corrected chi connectivity index (χ3v) is 7.15. The molecule has 3 aliphatic heterocycles. The molecule has 0 aliphatic carbocycles. The molecule has 3 aromatic rings. The van der Waals surface area contributed by atoms with Gasteiger partial charge in [-0.15, -0.1) is 0 Å². The van der Waals surface area contributed by atoms with E-state index >= 15 is 0 Å². The van der Waals surface area contributed by atoms with Crippen LogP contribution in [0.25, 0.3) is 10.9 Å². The molecule has 1 fully saturated rings. The Labute approximate surface area is 175 Å². The van der Waals surface area contributed by atoms with Crippen LogP contribution < -0.4 is 5.56 Å². The van der Waals surface area contributed by atoms with Crippen molar-refractivity contribution in [1.82, 2.24) is 19.4 Å². The number of hydrogen-bond donors (Lipinski definition) is 1. The van der Waals surface area contributed by atoms with Gasteiger partial charge in [0.05, 0.1) is 6.54 Å². The fraction of sp³-hybridized carbons (Fsp3) is 0.417. The first-order valence-corrected chi connectivity index (χ1v) is 10.9. The van der Waals surface area contributed by atoms with Gasteiger partial charge in [0.25, 0.3) is 5.56 Å². The second-order valence-electron chi connectivity index (χ2n) is 9.09. The van der Waals surface area contributed by atoms with Crippen molar-refractivity contribution in [3.05, 3.63) is 69.8 Å². The number of rotatable bonds is 2. The average Bonchev–Trinajstić information content (AvgIpc) is 3.12. The molecule has 0 saturated carbocycles. The van der Waals surface area contributed by atoms with Crippen LogP contribution >= 0.6 is 0 Å².